The Hall–Kier alpha value is -3.54. The topological polar surface area (TPSA) is 97.7 Å². The van der Waals surface area contributed by atoms with Crippen molar-refractivity contribution in [2.45, 2.75) is 20.5 Å². The molecule has 0 saturated carbocycles. The van der Waals surface area contributed by atoms with Crippen molar-refractivity contribution in [2.75, 3.05) is 0 Å². The number of ether oxygens (including phenoxy) is 1. The Kier molecular flexibility index (Phi) is 6.03. The number of carboxylic acid groups (broad SMARTS) is 1. The van der Waals surface area contributed by atoms with Gasteiger partial charge < -0.3 is 9.84 Å². The average Bonchev–Trinajstić information content (AvgIpc) is 2.65. The van der Waals surface area contributed by atoms with Crippen molar-refractivity contribution in [1.82, 2.24) is 0 Å². The standard InChI is InChI=1S/C21H18O6/c1-4-14-5-7-15(8-6-14)11-27-21(26)19-10-16(12(2)22)18(20(24)25)9-17(19)13(3)23/h4-10H,1,11H2,2-3H3,(H,24,25). The van der Waals surface area contributed by atoms with Crippen molar-refractivity contribution < 1.29 is 29.0 Å². The molecule has 27 heavy (non-hydrogen) atoms. The third-order valence-corrected chi connectivity index (χ3v) is 3.95. The molecule has 2 aromatic rings. The minimum absolute atomic E-state index is 0.0380. The lowest BCUT2D eigenvalue weighted by Gasteiger charge is -2.12. The van der Waals surface area contributed by atoms with E-state index in [1.807, 2.05) is 12.1 Å². The predicted octanol–water partition coefficient (Wildman–Crippen LogP) is 3.79. The largest absolute Gasteiger partial charge is 0.478 e. The molecule has 6 nitrogen and oxygen atoms in total. The van der Waals surface area contributed by atoms with Crippen molar-refractivity contribution in [1.29, 1.82) is 0 Å². The van der Waals surface area contributed by atoms with Crippen LogP contribution in [0.1, 0.15) is 66.4 Å². The van der Waals surface area contributed by atoms with Crippen LogP contribution in [0, 0.1) is 0 Å². The quantitative estimate of drug-likeness (QED) is 0.591. The fourth-order valence-electron chi connectivity index (χ4n) is 2.50. The van der Waals surface area contributed by atoms with Crippen LogP contribution in [0.4, 0.5) is 0 Å². The highest BCUT2D eigenvalue weighted by Crippen LogP contribution is 2.21. The van der Waals surface area contributed by atoms with E-state index < -0.39 is 23.5 Å². The van der Waals surface area contributed by atoms with E-state index in [1.165, 1.54) is 13.8 Å². The molecule has 1 N–H and O–H groups in total. The van der Waals surface area contributed by atoms with Crippen LogP contribution in [-0.4, -0.2) is 28.6 Å². The minimum Gasteiger partial charge on any atom is -0.478 e. The van der Waals surface area contributed by atoms with Crippen LogP contribution >= 0.6 is 0 Å². The first-order chi connectivity index (χ1) is 12.7. The monoisotopic (exact) mass is 366 g/mol. The smallest absolute Gasteiger partial charge is 0.339 e. The Morgan fingerprint density at radius 3 is 1.93 bits per heavy atom. The summed E-state index contributed by atoms with van der Waals surface area (Å²) in [5.41, 5.74) is 0.912. The summed E-state index contributed by atoms with van der Waals surface area (Å²) in [6, 6.07) is 9.30. The Bertz CT molecular complexity index is 938. The summed E-state index contributed by atoms with van der Waals surface area (Å²) in [4.78, 5) is 47.5. The number of esters is 1. The molecule has 0 amide bonds. The third-order valence-electron chi connectivity index (χ3n) is 3.95. The molecule has 0 bridgehead atoms. The van der Waals surface area contributed by atoms with Crippen molar-refractivity contribution in [3.63, 3.8) is 0 Å². The molecule has 0 aliphatic heterocycles. The molecular weight excluding hydrogens is 348 g/mol. The molecule has 0 fully saturated rings. The van der Waals surface area contributed by atoms with Gasteiger partial charge in [0.25, 0.3) is 0 Å². The minimum atomic E-state index is -1.36. The van der Waals surface area contributed by atoms with Crippen LogP contribution in [0.2, 0.25) is 0 Å². The van der Waals surface area contributed by atoms with E-state index in [1.54, 1.807) is 18.2 Å². The van der Waals surface area contributed by atoms with Gasteiger partial charge >= 0.3 is 11.9 Å². The van der Waals surface area contributed by atoms with Crippen LogP contribution in [0.15, 0.2) is 43.0 Å². The van der Waals surface area contributed by atoms with Crippen LogP contribution < -0.4 is 0 Å². The molecule has 0 heterocycles. The Morgan fingerprint density at radius 1 is 0.926 bits per heavy atom. The summed E-state index contributed by atoms with van der Waals surface area (Å²) in [7, 11) is 0. The van der Waals surface area contributed by atoms with E-state index in [0.29, 0.717) is 0 Å². The zero-order chi connectivity index (χ0) is 20.1. The Labute approximate surface area is 156 Å². The van der Waals surface area contributed by atoms with Crippen LogP contribution in [0.25, 0.3) is 6.08 Å². The Balaban J connectivity index is 2.36. The molecule has 0 aliphatic carbocycles. The number of ketones is 2. The average molecular weight is 366 g/mol. The van der Waals surface area contributed by atoms with E-state index in [4.69, 9.17) is 4.74 Å². The molecule has 2 aromatic carbocycles. The fourth-order valence-corrected chi connectivity index (χ4v) is 2.50. The molecule has 0 aromatic heterocycles. The van der Waals surface area contributed by atoms with E-state index >= 15 is 0 Å². The number of benzene rings is 2. The molecule has 0 atom stereocenters. The molecule has 2 rings (SSSR count). The fraction of sp³-hybridized carbons (Fsp3) is 0.143. The number of carboxylic acids is 1. The molecule has 6 heteroatoms. The number of hydrogen-bond acceptors (Lipinski definition) is 5. The number of Topliss-reactive ketones (excluding diaryl/α,β-unsaturated/α-hetero) is 2. The highest BCUT2D eigenvalue weighted by molar-refractivity contribution is 6.12. The second kappa shape index (κ2) is 8.23. The van der Waals surface area contributed by atoms with E-state index in [0.717, 1.165) is 23.3 Å². The van der Waals surface area contributed by atoms with Gasteiger partial charge in [-0.15, -0.1) is 0 Å². The molecule has 0 unspecified atom stereocenters. The predicted molar refractivity (Wildman–Crippen MR) is 99.1 cm³/mol. The van der Waals surface area contributed by atoms with E-state index in [-0.39, 0.29) is 28.9 Å². The normalized spacial score (nSPS) is 10.1. The lowest BCUT2D eigenvalue weighted by molar-refractivity contribution is 0.0469. The van der Waals surface area contributed by atoms with Crippen LogP contribution in [-0.2, 0) is 11.3 Å². The summed E-state index contributed by atoms with van der Waals surface area (Å²) >= 11 is 0. The van der Waals surface area contributed by atoms with Gasteiger partial charge in [-0.05, 0) is 37.1 Å². The second-order valence-corrected chi connectivity index (χ2v) is 5.88. The van der Waals surface area contributed by atoms with E-state index in [2.05, 4.69) is 6.58 Å². The number of hydrogen-bond donors (Lipinski definition) is 1. The van der Waals surface area contributed by atoms with Crippen molar-refractivity contribution in [3.05, 3.63) is 76.4 Å². The first kappa shape index (κ1) is 19.8. The van der Waals surface area contributed by atoms with Crippen molar-refractivity contribution >= 4 is 29.6 Å². The highest BCUT2D eigenvalue weighted by atomic mass is 16.5. The van der Waals surface area contributed by atoms with Crippen LogP contribution in [0.5, 0.6) is 0 Å². The highest BCUT2D eigenvalue weighted by Gasteiger charge is 2.23. The van der Waals surface area contributed by atoms with Gasteiger partial charge in [0.15, 0.2) is 11.6 Å². The van der Waals surface area contributed by atoms with Gasteiger partial charge in [0.2, 0.25) is 0 Å². The van der Waals surface area contributed by atoms with Gasteiger partial charge in [-0.3, -0.25) is 9.59 Å². The van der Waals surface area contributed by atoms with E-state index in [9.17, 15) is 24.3 Å². The number of aromatic carboxylic acids is 1. The summed E-state index contributed by atoms with van der Waals surface area (Å²) in [6.07, 6.45) is 1.68. The lowest BCUT2D eigenvalue weighted by Crippen LogP contribution is -2.16. The lowest BCUT2D eigenvalue weighted by atomic mass is 9.94. The van der Waals surface area contributed by atoms with Gasteiger partial charge in [0.1, 0.15) is 6.61 Å². The van der Waals surface area contributed by atoms with Gasteiger partial charge in [-0.1, -0.05) is 36.9 Å². The second-order valence-electron chi connectivity index (χ2n) is 5.88. The number of rotatable bonds is 7. The van der Waals surface area contributed by atoms with Crippen molar-refractivity contribution in [2.24, 2.45) is 0 Å². The van der Waals surface area contributed by atoms with Crippen LogP contribution in [0.3, 0.4) is 0 Å². The summed E-state index contributed by atoms with van der Waals surface area (Å²) in [6.45, 7) is 6.01. The molecule has 138 valence electrons. The zero-order valence-corrected chi connectivity index (χ0v) is 14.9. The maximum absolute atomic E-state index is 12.5. The maximum Gasteiger partial charge on any atom is 0.339 e. The number of carbonyl (C=O) groups excluding carboxylic acids is 3. The summed E-state index contributed by atoms with van der Waals surface area (Å²) < 4.78 is 5.24. The molecule has 0 aliphatic rings. The zero-order valence-electron chi connectivity index (χ0n) is 14.9. The molecule has 0 saturated heterocycles. The van der Waals surface area contributed by atoms with Gasteiger partial charge in [0.05, 0.1) is 11.1 Å². The van der Waals surface area contributed by atoms with Gasteiger partial charge in [0, 0.05) is 11.1 Å². The van der Waals surface area contributed by atoms with Crippen molar-refractivity contribution in [3.8, 4) is 0 Å². The first-order valence-corrected chi connectivity index (χ1v) is 8.06. The SMILES string of the molecule is C=Cc1ccc(COC(=O)c2cc(C(C)=O)c(C(=O)O)cc2C(C)=O)cc1. The molecule has 0 spiro atoms. The van der Waals surface area contributed by atoms with Gasteiger partial charge in [-0.2, -0.15) is 0 Å². The number of carbonyl (C=O) groups is 4. The van der Waals surface area contributed by atoms with Gasteiger partial charge in [-0.25, -0.2) is 9.59 Å². The molecular formula is C21H18O6. The summed E-state index contributed by atoms with van der Waals surface area (Å²) in [5, 5.41) is 9.26. The first-order valence-electron chi connectivity index (χ1n) is 8.06. The maximum atomic E-state index is 12.5. The molecule has 0 radical (unpaired) electrons. The third kappa shape index (κ3) is 4.55. The summed E-state index contributed by atoms with van der Waals surface area (Å²) in [5.74, 6) is -3.20. The Morgan fingerprint density at radius 2 is 1.44 bits per heavy atom.